The molecule has 1 aliphatic heterocycles. The summed E-state index contributed by atoms with van der Waals surface area (Å²) in [6, 6.07) is 4.26. The Kier molecular flexibility index (Phi) is 5.49. The highest BCUT2D eigenvalue weighted by molar-refractivity contribution is 5.97. The Morgan fingerprint density at radius 1 is 1.30 bits per heavy atom. The van der Waals surface area contributed by atoms with Crippen LogP contribution < -0.4 is 15.5 Å². The van der Waals surface area contributed by atoms with Gasteiger partial charge in [-0.1, -0.05) is 19.9 Å². The Hall–Kier alpha value is -3.82. The first-order valence-electron chi connectivity index (χ1n) is 11.1. The lowest BCUT2D eigenvalue weighted by Gasteiger charge is -2.25. The maximum atomic E-state index is 13.1. The summed E-state index contributed by atoms with van der Waals surface area (Å²) in [4.78, 5) is 28.0. The molecule has 0 aromatic carbocycles. The lowest BCUT2D eigenvalue weighted by atomic mass is 10.1. The third-order valence-corrected chi connectivity index (χ3v) is 5.90. The number of H-pyrrole nitrogens is 1. The van der Waals surface area contributed by atoms with Gasteiger partial charge in [0.1, 0.15) is 11.9 Å². The van der Waals surface area contributed by atoms with Crippen LogP contribution in [0.3, 0.4) is 0 Å². The van der Waals surface area contributed by atoms with Gasteiger partial charge in [0.2, 0.25) is 17.8 Å². The van der Waals surface area contributed by atoms with Gasteiger partial charge in [0, 0.05) is 23.9 Å². The first kappa shape index (κ1) is 21.0. The molecule has 1 saturated heterocycles. The Morgan fingerprint density at radius 3 is 2.94 bits per heavy atom. The third kappa shape index (κ3) is 4.28. The van der Waals surface area contributed by atoms with Gasteiger partial charge in [-0.2, -0.15) is 14.5 Å². The summed E-state index contributed by atoms with van der Waals surface area (Å²) in [5.41, 5.74) is 3.34. The maximum absolute atomic E-state index is 13.1. The summed E-state index contributed by atoms with van der Waals surface area (Å²) in [5.74, 6) is 1.43. The zero-order chi connectivity index (χ0) is 22.9. The van der Waals surface area contributed by atoms with E-state index >= 15 is 0 Å². The molecule has 9 nitrogen and oxygen atoms in total. The number of nitrogens with zero attached hydrogens (tertiary/aromatic N) is 5. The van der Waals surface area contributed by atoms with E-state index in [1.165, 1.54) is 18.3 Å². The molecule has 1 aliphatic carbocycles. The fraction of sp³-hybridized carbons (Fsp3) is 0.348. The number of amides is 1. The van der Waals surface area contributed by atoms with Crippen molar-refractivity contribution in [3.05, 3.63) is 53.4 Å². The van der Waals surface area contributed by atoms with Gasteiger partial charge in [-0.3, -0.25) is 9.89 Å². The molecule has 1 unspecified atom stereocenters. The number of halogens is 1. The smallest absolute Gasteiger partial charge is 0.247 e. The van der Waals surface area contributed by atoms with E-state index in [0.717, 1.165) is 29.8 Å². The topological polar surface area (TPSA) is 112 Å². The van der Waals surface area contributed by atoms with Gasteiger partial charge >= 0.3 is 0 Å². The zero-order valence-corrected chi connectivity index (χ0v) is 18.5. The highest BCUT2D eigenvalue weighted by Gasteiger charge is 2.33. The minimum Gasteiger partial charge on any atom is -0.329 e. The number of hydrogen-bond donors (Lipinski definition) is 3. The predicted molar refractivity (Wildman–Crippen MR) is 124 cm³/mol. The average Bonchev–Trinajstić information content (AvgIpc) is 3.55. The molecule has 0 radical (unpaired) electrons. The summed E-state index contributed by atoms with van der Waals surface area (Å²) in [6.45, 7) is 4.87. The van der Waals surface area contributed by atoms with Crippen molar-refractivity contribution in [1.82, 2.24) is 25.1 Å². The van der Waals surface area contributed by atoms with Crippen molar-refractivity contribution in [2.24, 2.45) is 0 Å². The summed E-state index contributed by atoms with van der Waals surface area (Å²) in [7, 11) is 0. The number of pyridine rings is 1. The van der Waals surface area contributed by atoms with Crippen LogP contribution in [0.15, 0.2) is 30.5 Å². The first-order chi connectivity index (χ1) is 16.0. The normalized spacial score (nSPS) is 17.0. The van der Waals surface area contributed by atoms with Crippen LogP contribution in [0.2, 0.25) is 0 Å². The highest BCUT2D eigenvalue weighted by atomic mass is 19.1. The molecule has 4 heterocycles. The minimum atomic E-state index is -0.590. The van der Waals surface area contributed by atoms with E-state index in [-0.39, 0.29) is 5.91 Å². The first-order valence-corrected chi connectivity index (χ1v) is 11.1. The minimum absolute atomic E-state index is 0.191. The molecular weight excluding hydrogens is 423 g/mol. The standard InChI is InChI=1S/C23H25FN8O/c1-13(2)17-11-20(31-30-17)28-21-15-5-3-6-16(15)27-23(29-21)32-10-4-7-18(32)22(33)26-14-8-9-19(24)25-12-14/h3,6,8-9,11-13,18H,4-5,7,10H2,1-2H3,(H,26,33)(H2,27,28,29,30,31). The second kappa shape index (κ2) is 8.61. The molecule has 0 bridgehead atoms. The number of aromatic nitrogens is 5. The van der Waals surface area contributed by atoms with Gasteiger partial charge in [-0.05, 0) is 43.4 Å². The van der Waals surface area contributed by atoms with E-state index < -0.39 is 12.0 Å². The molecular formula is C23H25FN8O. The van der Waals surface area contributed by atoms with E-state index in [0.29, 0.717) is 42.2 Å². The van der Waals surface area contributed by atoms with E-state index in [9.17, 15) is 9.18 Å². The maximum Gasteiger partial charge on any atom is 0.247 e. The van der Waals surface area contributed by atoms with Crippen molar-refractivity contribution in [3.8, 4) is 0 Å². The van der Waals surface area contributed by atoms with Crippen LogP contribution in [0.5, 0.6) is 0 Å². The van der Waals surface area contributed by atoms with Crippen LogP contribution in [0.25, 0.3) is 6.08 Å². The molecule has 5 rings (SSSR count). The van der Waals surface area contributed by atoms with E-state index in [1.807, 2.05) is 23.1 Å². The third-order valence-electron chi connectivity index (χ3n) is 5.90. The van der Waals surface area contributed by atoms with Gasteiger partial charge in [0.05, 0.1) is 17.6 Å². The number of anilines is 4. The number of carbonyl (C=O) groups excluding carboxylic acids is 1. The predicted octanol–water partition coefficient (Wildman–Crippen LogP) is 3.78. The number of carbonyl (C=O) groups is 1. The molecule has 3 N–H and O–H groups in total. The van der Waals surface area contributed by atoms with Crippen LogP contribution in [0, 0.1) is 5.95 Å². The fourth-order valence-corrected chi connectivity index (χ4v) is 4.12. The summed E-state index contributed by atoms with van der Waals surface area (Å²) < 4.78 is 13.1. The largest absolute Gasteiger partial charge is 0.329 e. The lowest BCUT2D eigenvalue weighted by molar-refractivity contribution is -0.117. The molecule has 170 valence electrons. The second-order valence-corrected chi connectivity index (χ2v) is 8.54. The molecule has 33 heavy (non-hydrogen) atoms. The number of hydrogen-bond acceptors (Lipinski definition) is 7. The van der Waals surface area contributed by atoms with Crippen LogP contribution in [-0.4, -0.2) is 43.6 Å². The molecule has 1 fully saturated rings. The molecule has 3 aromatic heterocycles. The van der Waals surface area contributed by atoms with Crippen molar-refractivity contribution in [2.45, 2.75) is 45.1 Å². The fourth-order valence-electron chi connectivity index (χ4n) is 4.12. The van der Waals surface area contributed by atoms with Crippen LogP contribution >= 0.6 is 0 Å². The number of rotatable bonds is 6. The highest BCUT2D eigenvalue weighted by Crippen LogP contribution is 2.32. The quantitative estimate of drug-likeness (QED) is 0.492. The number of aromatic amines is 1. The van der Waals surface area contributed by atoms with Crippen molar-refractivity contribution < 1.29 is 9.18 Å². The monoisotopic (exact) mass is 448 g/mol. The molecule has 10 heteroatoms. The average molecular weight is 449 g/mol. The Bertz CT molecular complexity index is 1200. The van der Waals surface area contributed by atoms with Crippen LogP contribution in [0.1, 0.15) is 49.6 Å². The van der Waals surface area contributed by atoms with Crippen molar-refractivity contribution in [2.75, 3.05) is 22.1 Å². The van der Waals surface area contributed by atoms with Gasteiger partial charge < -0.3 is 15.5 Å². The summed E-state index contributed by atoms with van der Waals surface area (Å²) >= 11 is 0. The Labute approximate surface area is 190 Å². The van der Waals surface area contributed by atoms with Gasteiger partial charge in [0.25, 0.3) is 0 Å². The van der Waals surface area contributed by atoms with E-state index in [4.69, 9.17) is 9.97 Å². The second-order valence-electron chi connectivity index (χ2n) is 8.54. The van der Waals surface area contributed by atoms with Crippen molar-refractivity contribution in [1.29, 1.82) is 0 Å². The van der Waals surface area contributed by atoms with E-state index in [2.05, 4.69) is 39.7 Å². The van der Waals surface area contributed by atoms with Crippen molar-refractivity contribution in [3.63, 3.8) is 0 Å². The number of fused-ring (bicyclic) bond motifs is 1. The molecule has 0 saturated carbocycles. The number of nitrogens with one attached hydrogen (secondary N) is 3. The Morgan fingerprint density at radius 2 is 2.18 bits per heavy atom. The molecule has 2 aliphatic rings. The van der Waals surface area contributed by atoms with Crippen LogP contribution in [0.4, 0.5) is 27.7 Å². The zero-order valence-electron chi connectivity index (χ0n) is 18.5. The SMILES string of the molecule is CC(C)c1cc(Nc2nc(N3CCCC3C(=O)Nc3ccc(F)nc3)nc3c2CC=C3)n[nH]1. The molecule has 3 aromatic rings. The van der Waals surface area contributed by atoms with Gasteiger partial charge in [0.15, 0.2) is 5.82 Å². The molecule has 1 amide bonds. The lowest BCUT2D eigenvalue weighted by Crippen LogP contribution is -2.40. The summed E-state index contributed by atoms with van der Waals surface area (Å²) in [6.07, 6.45) is 7.59. The van der Waals surface area contributed by atoms with Crippen LogP contribution in [-0.2, 0) is 11.2 Å². The summed E-state index contributed by atoms with van der Waals surface area (Å²) in [5, 5.41) is 13.6. The number of allylic oxidation sites excluding steroid dienone is 1. The van der Waals surface area contributed by atoms with Gasteiger partial charge in [-0.15, -0.1) is 0 Å². The Balaban J connectivity index is 1.40. The molecule has 0 spiro atoms. The van der Waals surface area contributed by atoms with E-state index in [1.54, 1.807) is 0 Å². The van der Waals surface area contributed by atoms with Gasteiger partial charge in [-0.25, -0.2) is 9.97 Å². The molecule has 1 atom stereocenters. The van der Waals surface area contributed by atoms with Crippen molar-refractivity contribution >= 4 is 35.3 Å².